The number of benzene rings is 1. The number of morpholine rings is 1. The Hall–Kier alpha value is -3.20. The normalized spacial score (nSPS) is 17.3. The number of hydrogen-bond acceptors (Lipinski definition) is 7. The lowest BCUT2D eigenvalue weighted by Crippen LogP contribution is -2.42. The average Bonchev–Trinajstić information content (AvgIpc) is 3.34. The topological polar surface area (TPSA) is 95.5 Å². The smallest absolute Gasteiger partial charge is 0.257 e. The van der Waals surface area contributed by atoms with Crippen molar-refractivity contribution in [1.82, 2.24) is 24.8 Å². The van der Waals surface area contributed by atoms with Gasteiger partial charge in [0.15, 0.2) is 5.75 Å². The largest absolute Gasteiger partial charge is 0.453 e. The average molecular weight is 355 g/mol. The van der Waals surface area contributed by atoms with Crippen molar-refractivity contribution in [1.29, 1.82) is 0 Å². The molecule has 2 aromatic heterocycles. The van der Waals surface area contributed by atoms with E-state index in [0.29, 0.717) is 42.6 Å². The molecule has 1 aliphatic heterocycles. The van der Waals surface area contributed by atoms with Gasteiger partial charge in [0, 0.05) is 13.6 Å². The maximum atomic E-state index is 13.0. The number of rotatable bonds is 4. The number of carbonyl (C=O) groups is 1. The Bertz CT molecular complexity index is 892. The summed E-state index contributed by atoms with van der Waals surface area (Å²) in [6, 6.07) is 7.13. The van der Waals surface area contributed by atoms with Gasteiger partial charge in [-0.2, -0.15) is 10.1 Å². The molecule has 0 radical (unpaired) electrons. The first-order valence-electron chi connectivity index (χ1n) is 8.13. The van der Waals surface area contributed by atoms with Gasteiger partial charge >= 0.3 is 0 Å². The van der Waals surface area contributed by atoms with Crippen molar-refractivity contribution in [3.63, 3.8) is 0 Å². The first kappa shape index (κ1) is 16.3. The first-order valence-corrected chi connectivity index (χ1v) is 8.13. The molecule has 9 nitrogen and oxygen atoms in total. The molecule has 1 unspecified atom stereocenters. The van der Waals surface area contributed by atoms with Crippen LogP contribution in [0.2, 0.25) is 0 Å². The standard InChI is InChI=1S/C17H17N5O4/c1-21-9-12(8-19-21)26-14-5-3-2-4-13(14)17(23)22-6-7-24-15(10-22)16-18-11-25-20-16/h2-5,8-9,11,15H,6-7,10H2,1H3. The molecule has 1 fully saturated rings. The summed E-state index contributed by atoms with van der Waals surface area (Å²) in [5.41, 5.74) is 0.477. The highest BCUT2D eigenvalue weighted by Crippen LogP contribution is 2.27. The maximum Gasteiger partial charge on any atom is 0.257 e. The van der Waals surface area contributed by atoms with Crippen LogP contribution in [0, 0.1) is 0 Å². The first-order chi connectivity index (χ1) is 12.7. The van der Waals surface area contributed by atoms with Crippen LogP contribution < -0.4 is 4.74 Å². The van der Waals surface area contributed by atoms with E-state index in [1.165, 1.54) is 6.39 Å². The van der Waals surface area contributed by atoms with Crippen LogP contribution in [0.5, 0.6) is 11.5 Å². The molecule has 1 amide bonds. The fourth-order valence-electron chi connectivity index (χ4n) is 2.79. The summed E-state index contributed by atoms with van der Waals surface area (Å²) >= 11 is 0. The van der Waals surface area contributed by atoms with Crippen molar-refractivity contribution in [3.05, 3.63) is 54.4 Å². The molecule has 1 aromatic carbocycles. The van der Waals surface area contributed by atoms with E-state index in [-0.39, 0.29) is 5.91 Å². The molecule has 3 heterocycles. The summed E-state index contributed by atoms with van der Waals surface area (Å²) in [5.74, 6) is 1.34. The zero-order valence-electron chi connectivity index (χ0n) is 14.1. The van der Waals surface area contributed by atoms with E-state index < -0.39 is 6.10 Å². The highest BCUT2D eigenvalue weighted by molar-refractivity contribution is 5.97. The highest BCUT2D eigenvalue weighted by Gasteiger charge is 2.29. The Labute approximate surface area is 149 Å². The van der Waals surface area contributed by atoms with Crippen LogP contribution in [0.25, 0.3) is 0 Å². The molecule has 26 heavy (non-hydrogen) atoms. The molecule has 134 valence electrons. The molecule has 0 saturated carbocycles. The van der Waals surface area contributed by atoms with Crippen LogP contribution in [-0.4, -0.2) is 50.4 Å². The van der Waals surface area contributed by atoms with Crippen LogP contribution in [0.4, 0.5) is 0 Å². The van der Waals surface area contributed by atoms with Crippen molar-refractivity contribution >= 4 is 5.91 Å². The predicted molar refractivity (Wildman–Crippen MR) is 88.6 cm³/mol. The van der Waals surface area contributed by atoms with Crippen molar-refractivity contribution in [2.75, 3.05) is 19.7 Å². The van der Waals surface area contributed by atoms with Crippen LogP contribution in [0.3, 0.4) is 0 Å². The predicted octanol–water partition coefficient (Wildman–Crippen LogP) is 1.81. The Balaban J connectivity index is 1.54. The number of carbonyl (C=O) groups excluding carboxylic acids is 1. The molecule has 9 heteroatoms. The lowest BCUT2D eigenvalue weighted by molar-refractivity contribution is -0.0277. The lowest BCUT2D eigenvalue weighted by atomic mass is 10.1. The number of ether oxygens (including phenoxy) is 2. The van der Waals surface area contributed by atoms with Gasteiger partial charge in [0.2, 0.25) is 12.2 Å². The van der Waals surface area contributed by atoms with Crippen LogP contribution in [0.15, 0.2) is 47.6 Å². The molecule has 3 aromatic rings. The van der Waals surface area contributed by atoms with E-state index in [9.17, 15) is 4.79 Å². The number of hydrogen-bond donors (Lipinski definition) is 0. The Morgan fingerprint density at radius 1 is 1.35 bits per heavy atom. The van der Waals surface area contributed by atoms with Gasteiger partial charge < -0.3 is 18.9 Å². The van der Waals surface area contributed by atoms with Crippen molar-refractivity contribution in [2.45, 2.75) is 6.10 Å². The molecule has 0 bridgehead atoms. The fourth-order valence-corrected chi connectivity index (χ4v) is 2.79. The molecule has 4 rings (SSSR count). The summed E-state index contributed by atoms with van der Waals surface area (Å²) < 4.78 is 17.9. The van der Waals surface area contributed by atoms with Crippen molar-refractivity contribution in [3.8, 4) is 11.5 Å². The zero-order valence-corrected chi connectivity index (χ0v) is 14.1. The second kappa shape index (κ2) is 6.96. The van der Waals surface area contributed by atoms with Crippen LogP contribution in [0.1, 0.15) is 22.3 Å². The van der Waals surface area contributed by atoms with Gasteiger partial charge in [-0.25, -0.2) is 0 Å². The third-order valence-electron chi connectivity index (χ3n) is 4.05. The minimum Gasteiger partial charge on any atom is -0.453 e. The molecule has 0 aliphatic carbocycles. The second-order valence-corrected chi connectivity index (χ2v) is 5.85. The number of amides is 1. The zero-order chi connectivity index (χ0) is 17.9. The fraction of sp³-hybridized carbons (Fsp3) is 0.294. The van der Waals surface area contributed by atoms with Crippen molar-refractivity contribution < 1.29 is 18.8 Å². The van der Waals surface area contributed by atoms with Gasteiger partial charge in [-0.1, -0.05) is 17.3 Å². The third kappa shape index (κ3) is 3.29. The summed E-state index contributed by atoms with van der Waals surface area (Å²) in [6.07, 6.45) is 4.18. The van der Waals surface area contributed by atoms with Gasteiger partial charge in [-0.05, 0) is 12.1 Å². The van der Waals surface area contributed by atoms with E-state index >= 15 is 0 Å². The van der Waals surface area contributed by atoms with Crippen LogP contribution in [-0.2, 0) is 11.8 Å². The van der Waals surface area contributed by atoms with Gasteiger partial charge in [-0.3, -0.25) is 9.48 Å². The molecule has 1 atom stereocenters. The number of para-hydroxylation sites is 1. The number of nitrogens with zero attached hydrogens (tertiary/aromatic N) is 5. The Morgan fingerprint density at radius 2 is 2.23 bits per heavy atom. The van der Waals surface area contributed by atoms with Gasteiger partial charge in [0.25, 0.3) is 5.91 Å². The van der Waals surface area contributed by atoms with E-state index in [2.05, 4.69) is 15.2 Å². The lowest BCUT2D eigenvalue weighted by Gasteiger charge is -2.31. The summed E-state index contributed by atoms with van der Waals surface area (Å²) in [7, 11) is 1.80. The van der Waals surface area contributed by atoms with Gasteiger partial charge in [0.1, 0.15) is 11.9 Å². The molecular weight excluding hydrogens is 338 g/mol. The monoisotopic (exact) mass is 355 g/mol. The highest BCUT2D eigenvalue weighted by atomic mass is 16.5. The molecular formula is C17H17N5O4. The summed E-state index contributed by atoms with van der Waals surface area (Å²) in [5, 5.41) is 7.87. The van der Waals surface area contributed by atoms with Crippen LogP contribution >= 0.6 is 0 Å². The summed E-state index contributed by atoms with van der Waals surface area (Å²) in [4.78, 5) is 18.7. The third-order valence-corrected chi connectivity index (χ3v) is 4.05. The Morgan fingerprint density at radius 3 is 3.00 bits per heavy atom. The quantitative estimate of drug-likeness (QED) is 0.704. The van der Waals surface area contributed by atoms with E-state index in [4.69, 9.17) is 14.0 Å². The van der Waals surface area contributed by atoms with Gasteiger partial charge in [0.05, 0.1) is 31.1 Å². The maximum absolute atomic E-state index is 13.0. The SMILES string of the molecule is Cn1cc(Oc2ccccc2C(=O)N2CCOC(c3ncon3)C2)cn1. The number of aryl methyl sites for hydroxylation is 1. The molecule has 1 saturated heterocycles. The summed E-state index contributed by atoms with van der Waals surface area (Å²) in [6.45, 7) is 1.23. The minimum absolute atomic E-state index is 0.138. The van der Waals surface area contributed by atoms with E-state index in [1.54, 1.807) is 47.2 Å². The second-order valence-electron chi connectivity index (χ2n) is 5.85. The molecule has 0 N–H and O–H groups in total. The Kier molecular flexibility index (Phi) is 4.36. The van der Waals surface area contributed by atoms with E-state index in [1.807, 2.05) is 6.07 Å². The van der Waals surface area contributed by atoms with Gasteiger partial charge in [-0.15, -0.1) is 0 Å². The molecule has 0 spiro atoms. The molecule has 1 aliphatic rings. The van der Waals surface area contributed by atoms with E-state index in [0.717, 1.165) is 0 Å². The minimum atomic E-state index is -0.405. The van der Waals surface area contributed by atoms with Crippen molar-refractivity contribution in [2.24, 2.45) is 7.05 Å². The number of aromatic nitrogens is 4.